The number of hydrogen-bond acceptors (Lipinski definition) is 4. The Kier molecular flexibility index (Phi) is 8.18. The number of carbonyl (C=O) groups is 3. The molecule has 7 heteroatoms. The molecule has 0 spiro atoms. The van der Waals surface area contributed by atoms with E-state index in [0.29, 0.717) is 12.1 Å². The molecular formula is C31H28N2O5. The van der Waals surface area contributed by atoms with Gasteiger partial charge in [-0.1, -0.05) is 72.8 Å². The summed E-state index contributed by atoms with van der Waals surface area (Å²) in [6, 6.07) is 29.9. The van der Waals surface area contributed by atoms with Crippen molar-refractivity contribution >= 4 is 23.5 Å². The van der Waals surface area contributed by atoms with Crippen molar-refractivity contribution in [3.05, 3.63) is 125 Å². The first-order valence-electron chi connectivity index (χ1n) is 12.1. The number of nitrogens with zero attached hydrogens (tertiary/aromatic N) is 1. The molecule has 7 nitrogen and oxygen atoms in total. The Bertz CT molecular complexity index is 1430. The highest BCUT2D eigenvalue weighted by atomic mass is 16.4. The number of aliphatic carboxylic acids is 1. The Labute approximate surface area is 221 Å². The number of amides is 1. The van der Waals surface area contributed by atoms with E-state index in [0.717, 1.165) is 22.3 Å². The molecule has 1 amide bonds. The molecule has 0 saturated carbocycles. The van der Waals surface area contributed by atoms with Gasteiger partial charge in [-0.3, -0.25) is 4.79 Å². The number of aromatic carboxylic acids is 1. The number of anilines is 1. The summed E-state index contributed by atoms with van der Waals surface area (Å²) < 4.78 is 0. The molecule has 1 atom stereocenters. The molecule has 0 aromatic heterocycles. The first-order chi connectivity index (χ1) is 18.3. The number of hydrogen-bond donors (Lipinski definition) is 3. The summed E-state index contributed by atoms with van der Waals surface area (Å²) in [6.45, 7) is 0.462. The lowest BCUT2D eigenvalue weighted by Crippen LogP contribution is -2.32. The van der Waals surface area contributed by atoms with Crippen molar-refractivity contribution in [3.8, 4) is 11.1 Å². The average molecular weight is 509 g/mol. The van der Waals surface area contributed by atoms with Crippen LogP contribution in [0.2, 0.25) is 0 Å². The molecule has 3 N–H and O–H groups in total. The second-order valence-electron chi connectivity index (χ2n) is 9.01. The molecule has 0 fully saturated rings. The maximum absolute atomic E-state index is 12.7. The first-order valence-corrected chi connectivity index (χ1v) is 12.1. The number of carboxylic acids is 2. The molecule has 192 valence electrons. The summed E-state index contributed by atoms with van der Waals surface area (Å²) in [7, 11) is 1.78. The van der Waals surface area contributed by atoms with Crippen LogP contribution in [0.3, 0.4) is 0 Å². The van der Waals surface area contributed by atoms with E-state index in [2.05, 4.69) is 5.32 Å². The van der Waals surface area contributed by atoms with Crippen molar-refractivity contribution < 1.29 is 24.6 Å². The van der Waals surface area contributed by atoms with E-state index in [1.807, 2.05) is 66.7 Å². The van der Waals surface area contributed by atoms with E-state index in [1.165, 1.54) is 6.07 Å². The van der Waals surface area contributed by atoms with Crippen LogP contribution in [0.4, 0.5) is 5.69 Å². The molecule has 4 aromatic rings. The minimum atomic E-state index is -1.13. The largest absolute Gasteiger partial charge is 0.480 e. The van der Waals surface area contributed by atoms with Gasteiger partial charge in [0, 0.05) is 31.3 Å². The van der Waals surface area contributed by atoms with Crippen LogP contribution in [0.25, 0.3) is 11.1 Å². The van der Waals surface area contributed by atoms with Gasteiger partial charge in [0.25, 0.3) is 5.91 Å². The molecule has 0 aliphatic carbocycles. The monoisotopic (exact) mass is 508 g/mol. The highest BCUT2D eigenvalue weighted by molar-refractivity contribution is 5.95. The van der Waals surface area contributed by atoms with Gasteiger partial charge in [-0.15, -0.1) is 0 Å². The van der Waals surface area contributed by atoms with Gasteiger partial charge in [0.1, 0.15) is 6.04 Å². The van der Waals surface area contributed by atoms with Gasteiger partial charge in [0.2, 0.25) is 0 Å². The minimum Gasteiger partial charge on any atom is -0.480 e. The molecule has 38 heavy (non-hydrogen) atoms. The van der Waals surface area contributed by atoms with Crippen LogP contribution in [0.5, 0.6) is 0 Å². The summed E-state index contributed by atoms with van der Waals surface area (Å²) >= 11 is 0. The van der Waals surface area contributed by atoms with Gasteiger partial charge < -0.3 is 20.4 Å². The lowest BCUT2D eigenvalue weighted by Gasteiger charge is -2.18. The summed E-state index contributed by atoms with van der Waals surface area (Å²) in [6.07, 6.45) is 0.177. The van der Waals surface area contributed by atoms with Crippen LogP contribution in [-0.2, 0) is 17.8 Å². The zero-order chi connectivity index (χ0) is 27.1. The van der Waals surface area contributed by atoms with Crippen LogP contribution < -0.4 is 5.32 Å². The van der Waals surface area contributed by atoms with E-state index in [9.17, 15) is 24.6 Å². The van der Waals surface area contributed by atoms with Crippen molar-refractivity contribution in [2.45, 2.75) is 19.0 Å². The molecule has 0 bridgehead atoms. The normalized spacial score (nSPS) is 11.4. The van der Waals surface area contributed by atoms with Gasteiger partial charge in [-0.2, -0.15) is 0 Å². The van der Waals surface area contributed by atoms with Crippen LogP contribution in [0.15, 0.2) is 103 Å². The van der Waals surface area contributed by atoms with Crippen molar-refractivity contribution in [2.24, 2.45) is 0 Å². The molecule has 4 aromatic carbocycles. The van der Waals surface area contributed by atoms with Crippen molar-refractivity contribution in [2.75, 3.05) is 12.4 Å². The summed E-state index contributed by atoms with van der Waals surface area (Å²) in [5.74, 6) is -2.25. The second kappa shape index (κ2) is 11.9. The number of carboxylic acid groups (broad SMARTS) is 2. The highest BCUT2D eigenvalue weighted by Crippen LogP contribution is 2.23. The fourth-order valence-corrected chi connectivity index (χ4v) is 4.25. The fraction of sp³-hybridized carbons (Fsp3) is 0.129. The van der Waals surface area contributed by atoms with E-state index in [4.69, 9.17) is 0 Å². The van der Waals surface area contributed by atoms with Gasteiger partial charge >= 0.3 is 11.9 Å². The SMILES string of the molecule is CN(Cc1cccc(-c2ccc(C[C@H](Nc3ccccc3C(=O)O)C(=O)O)cc2)c1)C(=O)c1ccccc1. The minimum absolute atomic E-state index is 0.0186. The van der Waals surface area contributed by atoms with E-state index in [1.54, 1.807) is 42.3 Å². The Morgan fingerprint density at radius 3 is 2.13 bits per heavy atom. The van der Waals surface area contributed by atoms with Crippen molar-refractivity contribution in [1.29, 1.82) is 0 Å². The Balaban J connectivity index is 1.45. The van der Waals surface area contributed by atoms with Crippen molar-refractivity contribution in [1.82, 2.24) is 4.90 Å². The number of carbonyl (C=O) groups excluding carboxylic acids is 1. The maximum atomic E-state index is 12.7. The summed E-state index contributed by atoms with van der Waals surface area (Å²) in [5, 5.41) is 22.0. The van der Waals surface area contributed by atoms with E-state index < -0.39 is 18.0 Å². The fourth-order valence-electron chi connectivity index (χ4n) is 4.25. The first kappa shape index (κ1) is 26.2. The highest BCUT2D eigenvalue weighted by Gasteiger charge is 2.20. The van der Waals surface area contributed by atoms with E-state index >= 15 is 0 Å². The maximum Gasteiger partial charge on any atom is 0.337 e. The number of nitrogens with one attached hydrogen (secondary N) is 1. The summed E-state index contributed by atoms with van der Waals surface area (Å²) in [5.41, 5.74) is 4.65. The smallest absolute Gasteiger partial charge is 0.337 e. The molecule has 0 heterocycles. The van der Waals surface area contributed by atoms with Crippen molar-refractivity contribution in [3.63, 3.8) is 0 Å². The zero-order valence-corrected chi connectivity index (χ0v) is 20.9. The van der Waals surface area contributed by atoms with Crippen LogP contribution in [0.1, 0.15) is 31.8 Å². The number of para-hydroxylation sites is 1. The predicted molar refractivity (Wildman–Crippen MR) is 146 cm³/mol. The van der Waals surface area contributed by atoms with Crippen LogP contribution in [0, 0.1) is 0 Å². The number of rotatable bonds is 10. The number of benzene rings is 4. The predicted octanol–water partition coefficient (Wildman–Crippen LogP) is 5.43. The van der Waals surface area contributed by atoms with E-state index in [-0.39, 0.29) is 23.6 Å². The zero-order valence-electron chi connectivity index (χ0n) is 20.9. The molecule has 0 aliphatic rings. The topological polar surface area (TPSA) is 107 Å². The molecular weight excluding hydrogens is 480 g/mol. The molecule has 0 unspecified atom stereocenters. The standard InChI is InChI=1S/C31H28N2O5/c1-33(29(34)24-9-3-2-4-10-24)20-22-8-7-11-25(18-22)23-16-14-21(15-17-23)19-28(31(37)38)32-27-13-6-5-12-26(27)30(35)36/h2-18,28,32H,19-20H2,1H3,(H,35,36)(H,37,38)/t28-/m0/s1. The van der Waals surface area contributed by atoms with Crippen LogP contribution >= 0.6 is 0 Å². The Hall–Kier alpha value is -4.91. The molecule has 0 radical (unpaired) electrons. The van der Waals surface area contributed by atoms with Gasteiger partial charge in [0.15, 0.2) is 0 Å². The van der Waals surface area contributed by atoms with Gasteiger partial charge in [-0.05, 0) is 52.6 Å². The lowest BCUT2D eigenvalue weighted by molar-refractivity contribution is -0.137. The third-order valence-electron chi connectivity index (χ3n) is 6.23. The van der Waals surface area contributed by atoms with Gasteiger partial charge in [-0.25, -0.2) is 9.59 Å². The third kappa shape index (κ3) is 6.44. The summed E-state index contributed by atoms with van der Waals surface area (Å²) in [4.78, 5) is 37.8. The Morgan fingerprint density at radius 2 is 1.45 bits per heavy atom. The van der Waals surface area contributed by atoms with Gasteiger partial charge in [0.05, 0.1) is 5.56 Å². The third-order valence-corrected chi connectivity index (χ3v) is 6.23. The average Bonchev–Trinajstić information content (AvgIpc) is 2.93. The molecule has 4 rings (SSSR count). The second-order valence-corrected chi connectivity index (χ2v) is 9.01. The quantitative estimate of drug-likeness (QED) is 0.264. The Morgan fingerprint density at radius 1 is 0.763 bits per heavy atom. The van der Waals surface area contributed by atoms with Crippen LogP contribution in [-0.4, -0.2) is 46.0 Å². The lowest BCUT2D eigenvalue weighted by atomic mass is 9.99. The molecule has 0 saturated heterocycles. The molecule has 0 aliphatic heterocycles.